The number of amides is 1. The van der Waals surface area contributed by atoms with Gasteiger partial charge < -0.3 is 20.5 Å². The Balaban J connectivity index is 1.49. The maximum atomic E-state index is 12.6. The molecule has 1 spiro atoms. The maximum Gasteiger partial charge on any atom is 0.283 e. The Kier molecular flexibility index (Phi) is 4.13. The fraction of sp³-hybridized carbons (Fsp3) is 0.652. The highest BCUT2D eigenvalue weighted by Gasteiger charge is 2.56. The molecule has 6 nitrogen and oxygen atoms in total. The monoisotopic (exact) mass is 397 g/mol. The molecule has 2 aliphatic heterocycles. The zero-order valence-corrected chi connectivity index (χ0v) is 17.5. The van der Waals surface area contributed by atoms with Crippen LogP contribution in [0.25, 0.3) is 0 Å². The van der Waals surface area contributed by atoms with E-state index in [1.54, 1.807) is 0 Å². The molecule has 29 heavy (non-hydrogen) atoms. The summed E-state index contributed by atoms with van der Waals surface area (Å²) in [5.74, 6) is 1.79. The van der Waals surface area contributed by atoms with E-state index in [1.807, 2.05) is 20.8 Å². The van der Waals surface area contributed by atoms with Crippen molar-refractivity contribution in [3.63, 3.8) is 0 Å². The van der Waals surface area contributed by atoms with Gasteiger partial charge in [0.1, 0.15) is 24.0 Å². The molecule has 5 rings (SSSR count). The van der Waals surface area contributed by atoms with Gasteiger partial charge in [-0.05, 0) is 55.7 Å². The smallest absolute Gasteiger partial charge is 0.283 e. The lowest BCUT2D eigenvalue weighted by molar-refractivity contribution is -0.130. The van der Waals surface area contributed by atoms with E-state index in [0.717, 1.165) is 30.6 Å². The Morgan fingerprint density at radius 3 is 2.69 bits per heavy atom. The molecule has 0 unspecified atom stereocenters. The number of ether oxygens (including phenoxy) is 2. The number of nitrogens with zero attached hydrogens (tertiary/aromatic N) is 1. The first kappa shape index (κ1) is 18.8. The summed E-state index contributed by atoms with van der Waals surface area (Å²) < 4.78 is 12.2. The highest BCUT2D eigenvalue weighted by atomic mass is 16.5. The Hall–Kier alpha value is -2.24. The number of fused-ring (bicyclic) bond motifs is 4. The quantitative estimate of drug-likeness (QED) is 0.802. The second kappa shape index (κ2) is 6.38. The summed E-state index contributed by atoms with van der Waals surface area (Å²) in [6.45, 7) is 6.30. The first-order valence-corrected chi connectivity index (χ1v) is 10.9. The van der Waals surface area contributed by atoms with Gasteiger partial charge in [-0.25, -0.2) is 4.99 Å². The molecule has 4 aliphatic rings. The standard InChI is InChI=1S/C23H31N3O3/c1-22(2,3)20(27)25-15-7-9-19-17(11-15)23(12-28-21(24)26-23)16-10-14(13-4-5-13)6-8-18(16)29-19/h6,8,10,13,15,17,19H,4-5,7,9,11-12H2,1-3H3,(H2,24,26)(H,25,27)/t15-,17+,19+,23+/m1/s1. The molecule has 0 saturated heterocycles. The fourth-order valence-corrected chi connectivity index (χ4v) is 5.11. The number of aliphatic imine (C=N–C) groups is 1. The van der Waals surface area contributed by atoms with Crippen molar-refractivity contribution in [1.82, 2.24) is 5.32 Å². The Labute approximate surface area is 172 Å². The van der Waals surface area contributed by atoms with Crippen molar-refractivity contribution in [2.45, 2.75) is 76.5 Å². The minimum Gasteiger partial charge on any atom is -0.490 e. The van der Waals surface area contributed by atoms with E-state index in [4.69, 9.17) is 20.2 Å². The van der Waals surface area contributed by atoms with Gasteiger partial charge in [-0.15, -0.1) is 0 Å². The summed E-state index contributed by atoms with van der Waals surface area (Å²) in [6.07, 6.45) is 5.19. The third kappa shape index (κ3) is 3.17. The van der Waals surface area contributed by atoms with Gasteiger partial charge in [0.15, 0.2) is 0 Å². The summed E-state index contributed by atoms with van der Waals surface area (Å²) >= 11 is 0. The molecule has 0 bridgehead atoms. The molecular weight excluding hydrogens is 366 g/mol. The number of carbonyl (C=O) groups excluding carboxylic acids is 1. The summed E-state index contributed by atoms with van der Waals surface area (Å²) in [4.78, 5) is 17.4. The molecule has 1 amide bonds. The zero-order valence-electron chi connectivity index (χ0n) is 17.5. The third-order valence-electron chi connectivity index (χ3n) is 6.96. The topological polar surface area (TPSA) is 85.9 Å². The molecule has 1 aromatic rings. The summed E-state index contributed by atoms with van der Waals surface area (Å²) in [6, 6.07) is 6.95. The Morgan fingerprint density at radius 1 is 1.24 bits per heavy atom. The van der Waals surface area contributed by atoms with E-state index in [1.165, 1.54) is 18.4 Å². The van der Waals surface area contributed by atoms with Crippen LogP contribution in [0, 0.1) is 11.3 Å². The van der Waals surface area contributed by atoms with Gasteiger partial charge in [-0.2, -0.15) is 0 Å². The van der Waals surface area contributed by atoms with Crippen LogP contribution < -0.4 is 15.8 Å². The lowest BCUT2D eigenvalue weighted by Gasteiger charge is -2.48. The van der Waals surface area contributed by atoms with Gasteiger partial charge in [-0.1, -0.05) is 26.8 Å². The van der Waals surface area contributed by atoms with E-state index >= 15 is 0 Å². The average molecular weight is 398 g/mol. The minimum atomic E-state index is -0.516. The van der Waals surface area contributed by atoms with Crippen molar-refractivity contribution in [1.29, 1.82) is 0 Å². The van der Waals surface area contributed by atoms with E-state index in [-0.39, 0.29) is 30.0 Å². The van der Waals surface area contributed by atoms with Gasteiger partial charge >= 0.3 is 0 Å². The van der Waals surface area contributed by atoms with Gasteiger partial charge in [0, 0.05) is 22.9 Å². The van der Waals surface area contributed by atoms with E-state index in [0.29, 0.717) is 12.5 Å². The molecule has 2 saturated carbocycles. The van der Waals surface area contributed by atoms with Crippen LogP contribution in [-0.2, 0) is 15.1 Å². The van der Waals surface area contributed by atoms with Crippen molar-refractivity contribution in [2.75, 3.05) is 6.61 Å². The Morgan fingerprint density at radius 2 is 2.03 bits per heavy atom. The van der Waals surface area contributed by atoms with Gasteiger partial charge in [0.05, 0.1) is 0 Å². The zero-order chi connectivity index (χ0) is 20.4. The molecule has 2 heterocycles. The SMILES string of the molecule is CC(C)(C)C(=O)N[C@@H]1CC[C@@H]2Oc3ccc(C4CC4)cc3[C@@]3(COC(N)=N3)[C@H]2C1. The highest BCUT2D eigenvalue weighted by Crippen LogP contribution is 2.53. The van der Waals surface area contributed by atoms with Crippen LogP contribution in [0.3, 0.4) is 0 Å². The van der Waals surface area contributed by atoms with Crippen LogP contribution >= 0.6 is 0 Å². The number of hydrogen-bond acceptors (Lipinski definition) is 5. The van der Waals surface area contributed by atoms with Crippen molar-refractivity contribution < 1.29 is 14.3 Å². The minimum absolute atomic E-state index is 0.0651. The molecule has 0 radical (unpaired) electrons. The van der Waals surface area contributed by atoms with Gasteiger partial charge in [-0.3, -0.25) is 4.79 Å². The fourth-order valence-electron chi connectivity index (χ4n) is 5.11. The van der Waals surface area contributed by atoms with Crippen molar-refractivity contribution >= 4 is 11.9 Å². The normalized spacial score (nSPS) is 33.2. The van der Waals surface area contributed by atoms with Crippen LogP contribution in [0.15, 0.2) is 23.2 Å². The first-order chi connectivity index (χ1) is 13.8. The molecule has 2 aliphatic carbocycles. The number of benzene rings is 1. The van der Waals surface area contributed by atoms with Crippen LogP contribution in [0.4, 0.5) is 0 Å². The molecular formula is C23H31N3O3. The molecule has 4 atom stereocenters. The van der Waals surface area contributed by atoms with Crippen LogP contribution in [0.5, 0.6) is 5.75 Å². The largest absolute Gasteiger partial charge is 0.490 e. The Bertz CT molecular complexity index is 871. The number of nitrogens with two attached hydrogens (primary N) is 1. The van der Waals surface area contributed by atoms with Crippen molar-refractivity contribution in [3.05, 3.63) is 29.3 Å². The number of hydrogen-bond donors (Lipinski definition) is 2. The van der Waals surface area contributed by atoms with Crippen LogP contribution in [-0.4, -0.2) is 30.7 Å². The summed E-state index contributed by atoms with van der Waals surface area (Å²) in [7, 11) is 0. The molecule has 1 aromatic carbocycles. The summed E-state index contributed by atoms with van der Waals surface area (Å²) in [5.41, 5.74) is 7.57. The highest BCUT2D eigenvalue weighted by molar-refractivity contribution is 5.81. The van der Waals surface area contributed by atoms with Crippen LogP contribution in [0.1, 0.15) is 69.9 Å². The van der Waals surface area contributed by atoms with E-state index in [2.05, 4.69) is 23.5 Å². The third-order valence-corrected chi connectivity index (χ3v) is 6.96. The predicted octanol–water partition coefficient (Wildman–Crippen LogP) is 3.20. The maximum absolute atomic E-state index is 12.6. The number of amidine groups is 1. The number of carbonyl (C=O) groups is 1. The van der Waals surface area contributed by atoms with Crippen molar-refractivity contribution in [2.24, 2.45) is 22.1 Å². The van der Waals surface area contributed by atoms with Gasteiger partial charge in [0.25, 0.3) is 6.02 Å². The lowest BCUT2D eigenvalue weighted by atomic mass is 9.67. The number of nitrogens with one attached hydrogen (secondary N) is 1. The van der Waals surface area contributed by atoms with E-state index < -0.39 is 11.0 Å². The van der Waals surface area contributed by atoms with Gasteiger partial charge in [0.2, 0.25) is 5.91 Å². The lowest BCUT2D eigenvalue weighted by Crippen LogP contribution is -2.55. The first-order valence-electron chi connectivity index (χ1n) is 10.9. The van der Waals surface area contributed by atoms with Crippen molar-refractivity contribution in [3.8, 4) is 5.75 Å². The molecule has 2 fully saturated rings. The number of rotatable bonds is 2. The second-order valence-corrected chi connectivity index (χ2v) is 10.2. The molecule has 3 N–H and O–H groups in total. The predicted molar refractivity (Wildman–Crippen MR) is 111 cm³/mol. The summed E-state index contributed by atoms with van der Waals surface area (Å²) in [5, 5.41) is 3.26. The van der Waals surface area contributed by atoms with E-state index in [9.17, 15) is 4.79 Å². The molecule has 6 heteroatoms. The molecule has 156 valence electrons. The average Bonchev–Trinajstić information content (AvgIpc) is 3.45. The van der Waals surface area contributed by atoms with Crippen LogP contribution in [0.2, 0.25) is 0 Å². The second-order valence-electron chi connectivity index (χ2n) is 10.2. The molecule has 0 aromatic heterocycles.